The van der Waals surface area contributed by atoms with E-state index < -0.39 is 0 Å². The Morgan fingerprint density at radius 2 is 1.74 bits per heavy atom. The quantitative estimate of drug-likeness (QED) is 0.432. The lowest BCUT2D eigenvalue weighted by Gasteiger charge is -2.02. The van der Waals surface area contributed by atoms with Gasteiger partial charge in [-0.3, -0.25) is 0 Å². The summed E-state index contributed by atoms with van der Waals surface area (Å²) in [5.74, 6) is 1.08. The molecule has 1 heteroatoms. The lowest BCUT2D eigenvalue weighted by Crippen LogP contribution is -1.82. The fourth-order valence-corrected chi connectivity index (χ4v) is 2.68. The Labute approximate surface area is 123 Å². The number of thioether (sulfide) groups is 1. The summed E-state index contributed by atoms with van der Waals surface area (Å²) < 4.78 is 0. The third kappa shape index (κ3) is 7.27. The Hall–Kier alpha value is -0.950. The topological polar surface area (TPSA) is 0 Å². The molecule has 104 valence electrons. The summed E-state index contributed by atoms with van der Waals surface area (Å²) in [4.78, 5) is 1.37. The maximum absolute atomic E-state index is 2.36. The second kappa shape index (κ2) is 9.03. The molecule has 0 radical (unpaired) electrons. The van der Waals surface area contributed by atoms with Crippen LogP contribution in [0, 0.1) is 0 Å². The number of aryl methyl sites for hydroxylation is 1. The minimum Gasteiger partial charge on any atom is -0.122 e. The molecule has 0 fully saturated rings. The molecule has 0 aliphatic heterocycles. The highest BCUT2D eigenvalue weighted by Crippen LogP contribution is 2.19. The van der Waals surface area contributed by atoms with Gasteiger partial charge in [0.05, 0.1) is 0 Å². The van der Waals surface area contributed by atoms with Gasteiger partial charge in [0.15, 0.2) is 0 Å². The second-order valence-electron chi connectivity index (χ2n) is 5.18. The monoisotopic (exact) mass is 274 g/mol. The Morgan fingerprint density at radius 1 is 1.05 bits per heavy atom. The Kier molecular flexibility index (Phi) is 7.66. The molecule has 0 nitrogen and oxygen atoms in total. The summed E-state index contributed by atoms with van der Waals surface area (Å²) in [5, 5.41) is 0. The van der Waals surface area contributed by atoms with Crippen molar-refractivity contribution < 1.29 is 0 Å². The Bertz CT molecular complexity index is 420. The summed E-state index contributed by atoms with van der Waals surface area (Å²) >= 11 is 1.92. The first-order chi connectivity index (χ1) is 9.11. The van der Waals surface area contributed by atoms with Crippen LogP contribution in [0.1, 0.15) is 46.1 Å². The van der Waals surface area contributed by atoms with E-state index in [-0.39, 0.29) is 0 Å². The van der Waals surface area contributed by atoms with Gasteiger partial charge < -0.3 is 0 Å². The average Bonchev–Trinajstić information content (AvgIpc) is 2.39. The summed E-state index contributed by atoms with van der Waals surface area (Å²) in [6.45, 7) is 8.75. The highest BCUT2D eigenvalue weighted by atomic mass is 32.2. The lowest BCUT2D eigenvalue weighted by molar-refractivity contribution is 0.964. The van der Waals surface area contributed by atoms with Crippen molar-refractivity contribution in [3.05, 3.63) is 53.1 Å². The van der Waals surface area contributed by atoms with Crippen LogP contribution in [0.15, 0.2) is 52.5 Å². The van der Waals surface area contributed by atoms with Crippen LogP contribution in [-0.4, -0.2) is 5.75 Å². The Balaban J connectivity index is 2.33. The van der Waals surface area contributed by atoms with Gasteiger partial charge in [0.2, 0.25) is 0 Å². The molecule has 0 aliphatic carbocycles. The molecular formula is C18H26S. The third-order valence-electron chi connectivity index (χ3n) is 3.10. The smallest absolute Gasteiger partial charge is 0.0163 e. The Morgan fingerprint density at radius 3 is 2.32 bits per heavy atom. The predicted octanol–water partition coefficient (Wildman–Crippen LogP) is 6.03. The van der Waals surface area contributed by atoms with Crippen LogP contribution in [0.3, 0.4) is 0 Å². The second-order valence-corrected chi connectivity index (χ2v) is 6.27. The molecular weight excluding hydrogens is 248 g/mol. The molecule has 1 rings (SSSR count). The van der Waals surface area contributed by atoms with Crippen LogP contribution >= 0.6 is 11.8 Å². The molecule has 0 heterocycles. The molecule has 0 amide bonds. The van der Waals surface area contributed by atoms with Gasteiger partial charge in [-0.15, -0.1) is 11.8 Å². The standard InChI is InChI=1S/C18H26S/c1-5-17-9-11-18(12-10-17)19-14-13-16(4)8-6-7-15(2)3/h7,9-13H,5-6,8,14H2,1-4H3. The van der Waals surface area contributed by atoms with Crippen LogP contribution < -0.4 is 0 Å². The molecule has 0 aromatic heterocycles. The van der Waals surface area contributed by atoms with Crippen LogP contribution in [-0.2, 0) is 6.42 Å². The maximum atomic E-state index is 2.36. The van der Waals surface area contributed by atoms with Crippen molar-refractivity contribution in [2.45, 2.75) is 51.9 Å². The largest absolute Gasteiger partial charge is 0.122 e. The molecule has 0 unspecified atom stereocenters. The summed E-state index contributed by atoms with van der Waals surface area (Å²) in [6.07, 6.45) is 8.14. The van der Waals surface area contributed by atoms with Gasteiger partial charge in [0.25, 0.3) is 0 Å². The molecule has 1 aromatic carbocycles. The first kappa shape index (κ1) is 16.1. The van der Waals surface area contributed by atoms with Crippen molar-refractivity contribution in [3.8, 4) is 0 Å². The normalized spacial score (nSPS) is 11.5. The van der Waals surface area contributed by atoms with Gasteiger partial charge in [-0.05, 0) is 57.7 Å². The number of rotatable bonds is 7. The van der Waals surface area contributed by atoms with Gasteiger partial charge in [-0.2, -0.15) is 0 Å². The molecule has 0 saturated carbocycles. The van der Waals surface area contributed by atoms with Crippen LogP contribution in [0.25, 0.3) is 0 Å². The van der Waals surface area contributed by atoms with E-state index in [4.69, 9.17) is 0 Å². The molecule has 0 N–H and O–H groups in total. The van der Waals surface area contributed by atoms with E-state index in [1.54, 1.807) is 0 Å². The van der Waals surface area contributed by atoms with E-state index >= 15 is 0 Å². The van der Waals surface area contributed by atoms with Crippen molar-refractivity contribution in [2.75, 3.05) is 5.75 Å². The van der Waals surface area contributed by atoms with Gasteiger partial charge in [-0.1, -0.05) is 42.4 Å². The average molecular weight is 274 g/mol. The zero-order chi connectivity index (χ0) is 14.1. The summed E-state index contributed by atoms with van der Waals surface area (Å²) in [6, 6.07) is 8.92. The van der Waals surface area contributed by atoms with Crippen molar-refractivity contribution in [1.29, 1.82) is 0 Å². The number of benzene rings is 1. The molecule has 19 heavy (non-hydrogen) atoms. The van der Waals surface area contributed by atoms with E-state index in [9.17, 15) is 0 Å². The van der Waals surface area contributed by atoms with E-state index in [0.717, 1.165) is 12.2 Å². The van der Waals surface area contributed by atoms with E-state index in [0.29, 0.717) is 0 Å². The predicted molar refractivity (Wildman–Crippen MR) is 89.0 cm³/mol. The van der Waals surface area contributed by atoms with E-state index in [1.807, 2.05) is 11.8 Å². The minimum absolute atomic E-state index is 1.08. The summed E-state index contributed by atoms with van der Waals surface area (Å²) in [7, 11) is 0. The number of hydrogen-bond acceptors (Lipinski definition) is 1. The van der Waals surface area contributed by atoms with Crippen LogP contribution in [0.4, 0.5) is 0 Å². The van der Waals surface area contributed by atoms with Crippen molar-refractivity contribution in [3.63, 3.8) is 0 Å². The molecule has 0 atom stereocenters. The van der Waals surface area contributed by atoms with E-state index in [1.165, 1.54) is 34.4 Å². The molecule has 0 bridgehead atoms. The molecule has 1 aromatic rings. The van der Waals surface area contributed by atoms with Gasteiger partial charge in [0.1, 0.15) is 0 Å². The molecule has 0 spiro atoms. The third-order valence-corrected chi connectivity index (χ3v) is 4.04. The zero-order valence-electron chi connectivity index (χ0n) is 12.7. The SMILES string of the molecule is CCc1ccc(SCC=C(C)CCC=C(C)C)cc1. The van der Waals surface area contributed by atoms with Crippen molar-refractivity contribution in [2.24, 2.45) is 0 Å². The molecule has 0 aliphatic rings. The maximum Gasteiger partial charge on any atom is 0.0163 e. The van der Waals surface area contributed by atoms with E-state index in [2.05, 4.69) is 64.1 Å². The van der Waals surface area contributed by atoms with Crippen LogP contribution in [0.5, 0.6) is 0 Å². The highest BCUT2D eigenvalue weighted by molar-refractivity contribution is 7.99. The van der Waals surface area contributed by atoms with Gasteiger partial charge in [-0.25, -0.2) is 0 Å². The first-order valence-electron chi connectivity index (χ1n) is 7.12. The molecule has 0 saturated heterocycles. The first-order valence-corrected chi connectivity index (χ1v) is 8.11. The summed E-state index contributed by atoms with van der Waals surface area (Å²) in [5.41, 5.74) is 4.33. The fourth-order valence-electron chi connectivity index (χ4n) is 1.79. The van der Waals surface area contributed by atoms with Crippen LogP contribution in [0.2, 0.25) is 0 Å². The van der Waals surface area contributed by atoms with Crippen molar-refractivity contribution >= 4 is 11.8 Å². The number of allylic oxidation sites excluding steroid dienone is 3. The lowest BCUT2D eigenvalue weighted by atomic mass is 10.1. The fraction of sp³-hybridized carbons (Fsp3) is 0.444. The van der Waals surface area contributed by atoms with Gasteiger partial charge >= 0.3 is 0 Å². The van der Waals surface area contributed by atoms with Gasteiger partial charge in [0, 0.05) is 10.6 Å². The number of hydrogen-bond donors (Lipinski definition) is 0. The minimum atomic E-state index is 1.08. The highest BCUT2D eigenvalue weighted by Gasteiger charge is 1.94. The zero-order valence-corrected chi connectivity index (χ0v) is 13.5. The van der Waals surface area contributed by atoms with Crippen molar-refractivity contribution in [1.82, 2.24) is 0 Å².